The predicted molar refractivity (Wildman–Crippen MR) is 92.7 cm³/mol. The SMILES string of the molecule is Cc1ccc(C(C)NC2CCCC(CC(C)C)C2)c(C)c1. The van der Waals surface area contributed by atoms with Gasteiger partial charge in [-0.3, -0.25) is 0 Å². The van der Waals surface area contributed by atoms with Crippen molar-refractivity contribution in [3.8, 4) is 0 Å². The Hall–Kier alpha value is -0.820. The number of nitrogens with one attached hydrogen (secondary N) is 1. The zero-order valence-corrected chi connectivity index (χ0v) is 14.6. The number of hydrogen-bond donors (Lipinski definition) is 1. The average Bonchev–Trinajstić information content (AvgIpc) is 2.37. The van der Waals surface area contributed by atoms with Gasteiger partial charge in [0.05, 0.1) is 0 Å². The van der Waals surface area contributed by atoms with E-state index >= 15 is 0 Å². The van der Waals surface area contributed by atoms with Gasteiger partial charge < -0.3 is 5.32 Å². The Morgan fingerprint density at radius 1 is 1.14 bits per heavy atom. The summed E-state index contributed by atoms with van der Waals surface area (Å²) < 4.78 is 0. The van der Waals surface area contributed by atoms with E-state index in [1.807, 2.05) is 0 Å². The highest BCUT2D eigenvalue weighted by atomic mass is 14.9. The molecule has 1 aromatic carbocycles. The fourth-order valence-electron chi connectivity index (χ4n) is 4.08. The third-order valence-electron chi connectivity index (χ3n) is 4.97. The average molecular weight is 287 g/mol. The molecule has 0 heterocycles. The van der Waals surface area contributed by atoms with Gasteiger partial charge in [-0.25, -0.2) is 0 Å². The van der Waals surface area contributed by atoms with E-state index in [0.29, 0.717) is 12.1 Å². The van der Waals surface area contributed by atoms with E-state index in [9.17, 15) is 0 Å². The van der Waals surface area contributed by atoms with Gasteiger partial charge in [0.1, 0.15) is 0 Å². The molecule has 1 nitrogen and oxygen atoms in total. The van der Waals surface area contributed by atoms with E-state index in [0.717, 1.165) is 11.8 Å². The fraction of sp³-hybridized carbons (Fsp3) is 0.700. The Morgan fingerprint density at radius 3 is 2.57 bits per heavy atom. The second kappa shape index (κ2) is 7.45. The van der Waals surface area contributed by atoms with Gasteiger partial charge in [-0.05, 0) is 63.0 Å². The lowest BCUT2D eigenvalue weighted by molar-refractivity contribution is 0.242. The highest BCUT2D eigenvalue weighted by Gasteiger charge is 2.24. The number of hydrogen-bond acceptors (Lipinski definition) is 1. The normalized spacial score (nSPS) is 24.3. The van der Waals surface area contributed by atoms with Gasteiger partial charge in [-0.15, -0.1) is 0 Å². The van der Waals surface area contributed by atoms with Crippen LogP contribution in [-0.4, -0.2) is 6.04 Å². The van der Waals surface area contributed by atoms with Crippen LogP contribution < -0.4 is 5.32 Å². The van der Waals surface area contributed by atoms with Crippen LogP contribution in [-0.2, 0) is 0 Å². The molecule has 1 aromatic rings. The molecule has 1 heteroatoms. The number of benzene rings is 1. The largest absolute Gasteiger partial charge is 0.307 e. The standard InChI is InChI=1S/C20H33N/c1-14(2)11-18-7-6-8-19(13-18)21-17(5)20-10-9-15(3)12-16(20)4/h9-10,12,14,17-19,21H,6-8,11,13H2,1-5H3. The first-order valence-corrected chi connectivity index (χ1v) is 8.79. The van der Waals surface area contributed by atoms with Crippen LogP contribution in [0.15, 0.2) is 18.2 Å². The second-order valence-corrected chi connectivity index (χ2v) is 7.61. The maximum Gasteiger partial charge on any atom is 0.0296 e. The zero-order chi connectivity index (χ0) is 15.4. The van der Waals surface area contributed by atoms with E-state index < -0.39 is 0 Å². The third-order valence-corrected chi connectivity index (χ3v) is 4.97. The van der Waals surface area contributed by atoms with Gasteiger partial charge in [0, 0.05) is 12.1 Å². The molecule has 0 amide bonds. The summed E-state index contributed by atoms with van der Waals surface area (Å²) in [5.41, 5.74) is 4.24. The lowest BCUT2D eigenvalue weighted by Crippen LogP contribution is -2.36. The van der Waals surface area contributed by atoms with E-state index in [-0.39, 0.29) is 0 Å². The van der Waals surface area contributed by atoms with Gasteiger partial charge in [0.15, 0.2) is 0 Å². The smallest absolute Gasteiger partial charge is 0.0296 e. The topological polar surface area (TPSA) is 12.0 Å². The van der Waals surface area contributed by atoms with E-state index in [4.69, 9.17) is 0 Å². The molecule has 0 spiro atoms. The van der Waals surface area contributed by atoms with E-state index in [2.05, 4.69) is 58.1 Å². The molecule has 0 saturated heterocycles. The van der Waals surface area contributed by atoms with Gasteiger partial charge >= 0.3 is 0 Å². The molecule has 1 fully saturated rings. The lowest BCUT2D eigenvalue weighted by atomic mass is 9.80. The summed E-state index contributed by atoms with van der Waals surface area (Å²) in [6.45, 7) is 11.4. The minimum Gasteiger partial charge on any atom is -0.307 e. The van der Waals surface area contributed by atoms with Crippen molar-refractivity contribution >= 4 is 0 Å². The first-order chi connectivity index (χ1) is 9.95. The Balaban J connectivity index is 1.94. The molecular formula is C20H33N. The quantitative estimate of drug-likeness (QED) is 0.747. The fourth-order valence-corrected chi connectivity index (χ4v) is 4.08. The summed E-state index contributed by atoms with van der Waals surface area (Å²) in [6, 6.07) is 8.02. The minimum absolute atomic E-state index is 0.466. The van der Waals surface area contributed by atoms with Crippen molar-refractivity contribution < 1.29 is 0 Å². The van der Waals surface area contributed by atoms with Crippen LogP contribution in [0.2, 0.25) is 0 Å². The van der Waals surface area contributed by atoms with E-state index in [1.54, 1.807) is 0 Å². The van der Waals surface area contributed by atoms with Crippen molar-refractivity contribution in [2.24, 2.45) is 11.8 Å². The van der Waals surface area contributed by atoms with Crippen molar-refractivity contribution in [3.05, 3.63) is 34.9 Å². The molecule has 21 heavy (non-hydrogen) atoms. The molecular weight excluding hydrogens is 254 g/mol. The summed E-state index contributed by atoms with van der Waals surface area (Å²) in [4.78, 5) is 0. The molecule has 1 aliphatic rings. The zero-order valence-electron chi connectivity index (χ0n) is 14.6. The van der Waals surface area contributed by atoms with Crippen molar-refractivity contribution in [2.45, 2.75) is 78.8 Å². The van der Waals surface area contributed by atoms with Crippen molar-refractivity contribution in [2.75, 3.05) is 0 Å². The van der Waals surface area contributed by atoms with Gasteiger partial charge in [-0.2, -0.15) is 0 Å². The van der Waals surface area contributed by atoms with Crippen LogP contribution in [0, 0.1) is 25.7 Å². The van der Waals surface area contributed by atoms with Crippen LogP contribution in [0.25, 0.3) is 0 Å². The molecule has 3 atom stereocenters. The Labute approximate surface area is 131 Å². The van der Waals surface area contributed by atoms with Crippen molar-refractivity contribution in [1.82, 2.24) is 5.32 Å². The molecule has 1 saturated carbocycles. The molecule has 2 rings (SSSR count). The Morgan fingerprint density at radius 2 is 1.90 bits per heavy atom. The highest BCUT2D eigenvalue weighted by Crippen LogP contribution is 2.31. The highest BCUT2D eigenvalue weighted by molar-refractivity contribution is 5.32. The van der Waals surface area contributed by atoms with Gasteiger partial charge in [-0.1, -0.05) is 50.5 Å². The Bertz CT molecular complexity index is 449. The summed E-state index contributed by atoms with van der Waals surface area (Å²) in [7, 11) is 0. The second-order valence-electron chi connectivity index (χ2n) is 7.61. The lowest BCUT2D eigenvalue weighted by Gasteiger charge is -2.33. The molecule has 0 aromatic heterocycles. The van der Waals surface area contributed by atoms with Gasteiger partial charge in [0.2, 0.25) is 0 Å². The molecule has 0 radical (unpaired) electrons. The molecule has 3 unspecified atom stereocenters. The predicted octanol–water partition coefficient (Wildman–Crippen LogP) is 5.56. The van der Waals surface area contributed by atoms with Crippen LogP contribution >= 0.6 is 0 Å². The first kappa shape index (κ1) is 16.5. The van der Waals surface area contributed by atoms with Crippen molar-refractivity contribution in [3.63, 3.8) is 0 Å². The summed E-state index contributed by atoms with van der Waals surface area (Å²) in [6.07, 6.45) is 6.95. The van der Waals surface area contributed by atoms with Crippen LogP contribution in [0.1, 0.15) is 75.6 Å². The molecule has 1 aliphatic carbocycles. The molecule has 0 aliphatic heterocycles. The first-order valence-electron chi connectivity index (χ1n) is 8.79. The maximum absolute atomic E-state index is 3.90. The summed E-state index contributed by atoms with van der Waals surface area (Å²) in [5.74, 6) is 1.77. The maximum atomic E-state index is 3.90. The summed E-state index contributed by atoms with van der Waals surface area (Å²) >= 11 is 0. The van der Waals surface area contributed by atoms with Crippen molar-refractivity contribution in [1.29, 1.82) is 0 Å². The number of aryl methyl sites for hydroxylation is 2. The van der Waals surface area contributed by atoms with Crippen LogP contribution in [0.5, 0.6) is 0 Å². The molecule has 0 bridgehead atoms. The van der Waals surface area contributed by atoms with E-state index in [1.165, 1.54) is 48.8 Å². The monoisotopic (exact) mass is 287 g/mol. The number of rotatable bonds is 5. The minimum atomic E-state index is 0.466. The van der Waals surface area contributed by atoms with Crippen LogP contribution in [0.4, 0.5) is 0 Å². The summed E-state index contributed by atoms with van der Waals surface area (Å²) in [5, 5.41) is 3.90. The Kier molecular flexibility index (Phi) is 5.87. The van der Waals surface area contributed by atoms with Crippen LogP contribution in [0.3, 0.4) is 0 Å². The van der Waals surface area contributed by atoms with Gasteiger partial charge in [0.25, 0.3) is 0 Å². The molecule has 1 N–H and O–H groups in total. The third kappa shape index (κ3) is 4.85. The molecule has 118 valence electrons.